The highest BCUT2D eigenvalue weighted by molar-refractivity contribution is 6.37. The number of nitrogens with one attached hydrogen (secondary N) is 1. The van der Waals surface area contributed by atoms with Crippen LogP contribution in [0.25, 0.3) is 0 Å². The van der Waals surface area contributed by atoms with E-state index in [0.29, 0.717) is 21.7 Å². The Bertz CT molecular complexity index is 329. The largest absolute Gasteiger partial charge is 0.359 e. The summed E-state index contributed by atoms with van der Waals surface area (Å²) >= 11 is 11.8. The van der Waals surface area contributed by atoms with Gasteiger partial charge in [0.1, 0.15) is 5.82 Å². The molecule has 0 fully saturated rings. The van der Waals surface area contributed by atoms with Crippen LogP contribution in [0, 0.1) is 0 Å². The van der Waals surface area contributed by atoms with Gasteiger partial charge in [0.25, 0.3) is 0 Å². The number of hydrazine groups is 1. The van der Waals surface area contributed by atoms with Crippen molar-refractivity contribution in [3.05, 3.63) is 16.1 Å². The van der Waals surface area contributed by atoms with Crippen molar-refractivity contribution in [1.29, 1.82) is 0 Å². The lowest BCUT2D eigenvalue weighted by Gasteiger charge is -2.18. The minimum atomic E-state index is 0.408. The maximum absolute atomic E-state index is 5.97. The predicted molar refractivity (Wildman–Crippen MR) is 61.0 cm³/mol. The van der Waals surface area contributed by atoms with Gasteiger partial charge in [-0.15, -0.1) is 0 Å². The van der Waals surface area contributed by atoms with Crippen LogP contribution in [-0.4, -0.2) is 18.6 Å². The molecule has 3 N–H and O–H groups in total. The van der Waals surface area contributed by atoms with Gasteiger partial charge in [-0.3, -0.25) is 0 Å². The molecule has 1 heterocycles. The zero-order chi connectivity index (χ0) is 10.7. The average Bonchev–Trinajstić information content (AvgIpc) is 2.17. The smallest absolute Gasteiger partial charge is 0.161 e. The van der Waals surface area contributed by atoms with Gasteiger partial charge >= 0.3 is 0 Å². The van der Waals surface area contributed by atoms with Gasteiger partial charge in [0.15, 0.2) is 5.82 Å². The van der Waals surface area contributed by atoms with Crippen molar-refractivity contribution in [2.45, 2.75) is 6.92 Å². The monoisotopic (exact) mass is 234 g/mol. The van der Waals surface area contributed by atoms with E-state index in [9.17, 15) is 0 Å². The molecule has 0 aliphatic rings. The fourth-order valence-corrected chi connectivity index (χ4v) is 1.53. The Kier molecular flexibility index (Phi) is 3.80. The van der Waals surface area contributed by atoms with Gasteiger partial charge in [-0.1, -0.05) is 23.2 Å². The molecule has 6 heteroatoms. The fourth-order valence-electron chi connectivity index (χ4n) is 0.976. The third-order valence-electron chi connectivity index (χ3n) is 1.88. The first-order chi connectivity index (χ1) is 6.60. The first-order valence-electron chi connectivity index (χ1n) is 4.14. The van der Waals surface area contributed by atoms with Gasteiger partial charge in [0.05, 0.1) is 10.0 Å². The van der Waals surface area contributed by atoms with Crippen LogP contribution < -0.4 is 16.2 Å². The molecule has 1 aromatic heterocycles. The van der Waals surface area contributed by atoms with Crippen LogP contribution in [0.15, 0.2) is 6.07 Å². The van der Waals surface area contributed by atoms with Gasteiger partial charge in [-0.05, 0) is 13.0 Å². The van der Waals surface area contributed by atoms with Gasteiger partial charge in [0.2, 0.25) is 0 Å². The van der Waals surface area contributed by atoms with Crippen LogP contribution in [0.4, 0.5) is 11.6 Å². The Morgan fingerprint density at radius 2 is 2.14 bits per heavy atom. The third kappa shape index (κ3) is 2.20. The molecular weight excluding hydrogens is 223 g/mol. The lowest BCUT2D eigenvalue weighted by molar-refractivity contribution is 0.938. The Hall–Kier alpha value is -0.710. The van der Waals surface area contributed by atoms with Crippen molar-refractivity contribution in [2.75, 3.05) is 23.9 Å². The lowest BCUT2D eigenvalue weighted by Crippen LogP contribution is -2.19. The zero-order valence-electron chi connectivity index (χ0n) is 8.01. The van der Waals surface area contributed by atoms with Crippen LogP contribution >= 0.6 is 23.2 Å². The summed E-state index contributed by atoms with van der Waals surface area (Å²) in [6, 6.07) is 1.62. The quantitative estimate of drug-likeness (QED) is 0.622. The maximum Gasteiger partial charge on any atom is 0.161 e. The molecule has 0 atom stereocenters. The van der Waals surface area contributed by atoms with Crippen LogP contribution in [0.3, 0.4) is 0 Å². The molecular formula is C8H12Cl2N4. The number of nitrogens with two attached hydrogens (primary N) is 1. The minimum absolute atomic E-state index is 0.408. The molecule has 78 valence electrons. The lowest BCUT2D eigenvalue weighted by atomic mass is 10.4. The highest BCUT2D eigenvalue weighted by Crippen LogP contribution is 2.30. The van der Waals surface area contributed by atoms with E-state index in [1.807, 2.05) is 18.9 Å². The van der Waals surface area contributed by atoms with E-state index in [4.69, 9.17) is 29.0 Å². The fraction of sp³-hybridized carbons (Fsp3) is 0.375. The van der Waals surface area contributed by atoms with Crippen molar-refractivity contribution in [2.24, 2.45) is 5.84 Å². The number of hydrogen-bond donors (Lipinski definition) is 2. The van der Waals surface area contributed by atoms with Crippen molar-refractivity contribution in [1.82, 2.24) is 4.98 Å². The first-order valence-corrected chi connectivity index (χ1v) is 4.89. The Labute approximate surface area is 93.0 Å². The van der Waals surface area contributed by atoms with Crippen molar-refractivity contribution in [3.8, 4) is 0 Å². The number of pyridine rings is 1. The van der Waals surface area contributed by atoms with Crippen molar-refractivity contribution in [3.63, 3.8) is 0 Å². The topological polar surface area (TPSA) is 54.2 Å². The van der Waals surface area contributed by atoms with Gasteiger partial charge in [-0.25, -0.2) is 10.8 Å². The number of nitrogens with zero attached hydrogens (tertiary/aromatic N) is 2. The van der Waals surface area contributed by atoms with Crippen LogP contribution in [0.1, 0.15) is 6.92 Å². The van der Waals surface area contributed by atoms with E-state index in [-0.39, 0.29) is 0 Å². The highest BCUT2D eigenvalue weighted by Gasteiger charge is 2.10. The van der Waals surface area contributed by atoms with E-state index >= 15 is 0 Å². The van der Waals surface area contributed by atoms with E-state index in [2.05, 4.69) is 10.4 Å². The number of halogens is 2. The van der Waals surface area contributed by atoms with Gasteiger partial charge in [0, 0.05) is 13.6 Å². The van der Waals surface area contributed by atoms with Crippen LogP contribution in [0.2, 0.25) is 10.0 Å². The molecule has 0 amide bonds. The molecule has 0 aliphatic heterocycles. The summed E-state index contributed by atoms with van der Waals surface area (Å²) in [7, 11) is 1.89. The van der Waals surface area contributed by atoms with Gasteiger partial charge < -0.3 is 10.3 Å². The first kappa shape index (κ1) is 11.4. The van der Waals surface area contributed by atoms with E-state index in [0.717, 1.165) is 6.54 Å². The number of nitrogen functional groups attached to an aromatic ring is 1. The number of aromatic nitrogens is 1. The molecule has 4 nitrogen and oxygen atoms in total. The summed E-state index contributed by atoms with van der Waals surface area (Å²) in [4.78, 5) is 6.09. The SMILES string of the molecule is CCN(C)c1nc(NN)c(Cl)cc1Cl. The summed E-state index contributed by atoms with van der Waals surface area (Å²) in [5, 5.41) is 0.920. The number of hydrogen-bond acceptors (Lipinski definition) is 4. The predicted octanol–water partition coefficient (Wildman–Crippen LogP) is 2.13. The minimum Gasteiger partial charge on any atom is -0.359 e. The van der Waals surface area contributed by atoms with Crippen LogP contribution in [0.5, 0.6) is 0 Å². The third-order valence-corrected chi connectivity index (χ3v) is 2.45. The average molecular weight is 235 g/mol. The van der Waals surface area contributed by atoms with Gasteiger partial charge in [-0.2, -0.15) is 0 Å². The molecule has 0 spiro atoms. The molecule has 1 aromatic rings. The molecule has 0 radical (unpaired) electrons. The Balaban J connectivity index is 3.17. The number of anilines is 2. The summed E-state index contributed by atoms with van der Waals surface area (Å²) < 4.78 is 0. The molecule has 0 bridgehead atoms. The molecule has 0 saturated carbocycles. The van der Waals surface area contributed by atoms with E-state index in [1.54, 1.807) is 6.07 Å². The molecule has 0 saturated heterocycles. The zero-order valence-corrected chi connectivity index (χ0v) is 9.52. The molecule has 0 aromatic carbocycles. The second-order valence-corrected chi connectivity index (χ2v) is 3.60. The van der Waals surface area contributed by atoms with Crippen molar-refractivity contribution >= 4 is 34.8 Å². The van der Waals surface area contributed by atoms with E-state index in [1.165, 1.54) is 0 Å². The molecule has 1 rings (SSSR count). The Morgan fingerprint density at radius 3 is 2.64 bits per heavy atom. The van der Waals surface area contributed by atoms with Crippen LogP contribution in [-0.2, 0) is 0 Å². The summed E-state index contributed by atoms with van der Waals surface area (Å²) in [6.07, 6.45) is 0. The summed E-state index contributed by atoms with van der Waals surface area (Å²) in [5.41, 5.74) is 2.41. The molecule has 0 aliphatic carbocycles. The normalized spacial score (nSPS) is 10.1. The molecule has 14 heavy (non-hydrogen) atoms. The number of rotatable bonds is 3. The Morgan fingerprint density at radius 1 is 1.50 bits per heavy atom. The maximum atomic E-state index is 5.97. The molecule has 0 unspecified atom stereocenters. The second-order valence-electron chi connectivity index (χ2n) is 2.78. The van der Waals surface area contributed by atoms with Crippen molar-refractivity contribution < 1.29 is 0 Å². The summed E-state index contributed by atoms with van der Waals surface area (Å²) in [5.74, 6) is 6.33. The highest BCUT2D eigenvalue weighted by atomic mass is 35.5. The standard InChI is InChI=1S/C8H12Cl2N4/c1-3-14(2)8-6(10)4-5(9)7(12-8)13-11/h4H,3,11H2,1-2H3,(H,12,13). The van der Waals surface area contributed by atoms with E-state index < -0.39 is 0 Å². The summed E-state index contributed by atoms with van der Waals surface area (Å²) in [6.45, 7) is 2.81. The second kappa shape index (κ2) is 4.68.